The summed E-state index contributed by atoms with van der Waals surface area (Å²) in [7, 11) is 7.99. The summed E-state index contributed by atoms with van der Waals surface area (Å²) in [5.74, 6) is 1.61. The molecule has 2 aromatic rings. The maximum absolute atomic E-state index is 13.7. The van der Waals surface area contributed by atoms with E-state index < -0.39 is 5.92 Å². The Morgan fingerprint density at radius 2 is 1.66 bits per heavy atom. The molecule has 0 fully saturated rings. The van der Waals surface area contributed by atoms with Gasteiger partial charge in [0.1, 0.15) is 0 Å². The summed E-state index contributed by atoms with van der Waals surface area (Å²) in [6, 6.07) is 5.59. The van der Waals surface area contributed by atoms with Crippen molar-refractivity contribution >= 4 is 27.6 Å². The highest BCUT2D eigenvalue weighted by molar-refractivity contribution is 9.10. The second kappa shape index (κ2) is 9.81. The Balaban J connectivity index is 2.10. The molecule has 1 amide bonds. The van der Waals surface area contributed by atoms with E-state index in [1.165, 1.54) is 14.0 Å². The van der Waals surface area contributed by atoms with E-state index in [4.69, 9.17) is 18.9 Å². The van der Waals surface area contributed by atoms with Gasteiger partial charge in [-0.05, 0) is 47.7 Å². The lowest BCUT2D eigenvalue weighted by Crippen LogP contribution is -2.26. The zero-order valence-electron chi connectivity index (χ0n) is 19.2. The number of benzene rings is 2. The van der Waals surface area contributed by atoms with Crippen LogP contribution in [-0.4, -0.2) is 58.6 Å². The van der Waals surface area contributed by atoms with E-state index in [2.05, 4.69) is 15.9 Å². The molecule has 172 valence electrons. The predicted molar refractivity (Wildman–Crippen MR) is 125 cm³/mol. The number of ether oxygens (including phenoxy) is 4. The molecule has 0 aromatic heterocycles. The fourth-order valence-corrected chi connectivity index (χ4v) is 4.68. The highest BCUT2D eigenvalue weighted by Crippen LogP contribution is 2.48. The average molecular weight is 506 g/mol. The van der Waals surface area contributed by atoms with Gasteiger partial charge in [0.15, 0.2) is 28.8 Å². The summed E-state index contributed by atoms with van der Waals surface area (Å²) < 4.78 is 22.8. The van der Waals surface area contributed by atoms with E-state index in [0.29, 0.717) is 47.9 Å². The fourth-order valence-electron chi connectivity index (χ4n) is 4.11. The normalized spacial score (nSPS) is 14.7. The third kappa shape index (κ3) is 4.28. The average Bonchev–Trinajstić information content (AvgIpc) is 3.14. The van der Waals surface area contributed by atoms with Crippen LogP contribution in [0.1, 0.15) is 39.9 Å². The number of likely N-dealkylation sites (N-methyl/N-ethyl adjacent to an activating group) is 1. The number of hydrogen-bond donors (Lipinski definition) is 0. The van der Waals surface area contributed by atoms with Crippen molar-refractivity contribution in [1.82, 2.24) is 4.90 Å². The second-order valence-electron chi connectivity index (χ2n) is 7.66. The molecule has 2 aromatic carbocycles. The number of carbonyl (C=O) groups excluding carboxylic acids is 2. The van der Waals surface area contributed by atoms with Crippen molar-refractivity contribution in [2.45, 2.75) is 25.7 Å². The molecule has 1 aliphatic rings. The summed E-state index contributed by atoms with van der Waals surface area (Å²) in [6.45, 7) is 2.05. The van der Waals surface area contributed by atoms with Crippen molar-refractivity contribution < 1.29 is 28.5 Å². The molecule has 0 saturated carbocycles. The number of nitrogens with zero attached hydrogens (tertiary/aromatic N) is 1. The van der Waals surface area contributed by atoms with E-state index in [1.54, 1.807) is 33.3 Å². The fraction of sp³-hybridized carbons (Fsp3) is 0.417. The Bertz CT molecular complexity index is 1050. The summed E-state index contributed by atoms with van der Waals surface area (Å²) in [6.07, 6.45) is 1.09. The third-order valence-electron chi connectivity index (χ3n) is 5.97. The molecule has 1 aliphatic carbocycles. The maximum Gasteiger partial charge on any atom is 0.219 e. The lowest BCUT2D eigenvalue weighted by Gasteiger charge is -2.21. The van der Waals surface area contributed by atoms with E-state index >= 15 is 0 Å². The summed E-state index contributed by atoms with van der Waals surface area (Å²) in [5, 5.41) is 0. The number of amides is 1. The molecule has 0 aliphatic heterocycles. The van der Waals surface area contributed by atoms with Gasteiger partial charge < -0.3 is 23.8 Å². The lowest BCUT2D eigenvalue weighted by molar-refractivity contribution is -0.127. The van der Waals surface area contributed by atoms with E-state index in [9.17, 15) is 9.59 Å². The Hall–Kier alpha value is -2.74. The van der Waals surface area contributed by atoms with Gasteiger partial charge >= 0.3 is 0 Å². The largest absolute Gasteiger partial charge is 0.493 e. The number of Topliss-reactive ketones (excluding diaryl/α,β-unsaturated/α-hetero) is 1. The number of hydrogen-bond acceptors (Lipinski definition) is 6. The van der Waals surface area contributed by atoms with Crippen molar-refractivity contribution in [2.75, 3.05) is 42.0 Å². The van der Waals surface area contributed by atoms with Gasteiger partial charge in [0.25, 0.3) is 0 Å². The Labute approximate surface area is 196 Å². The third-order valence-corrected chi connectivity index (χ3v) is 6.68. The molecule has 0 bridgehead atoms. The van der Waals surface area contributed by atoms with Gasteiger partial charge in [-0.15, -0.1) is 0 Å². The van der Waals surface area contributed by atoms with Crippen LogP contribution in [0.4, 0.5) is 0 Å². The Morgan fingerprint density at radius 1 is 1.03 bits per heavy atom. The van der Waals surface area contributed by atoms with Crippen molar-refractivity contribution in [3.05, 3.63) is 44.9 Å². The second-order valence-corrected chi connectivity index (χ2v) is 8.52. The van der Waals surface area contributed by atoms with Crippen LogP contribution in [0.25, 0.3) is 0 Å². The molecular weight excluding hydrogens is 478 g/mol. The summed E-state index contributed by atoms with van der Waals surface area (Å²) in [5.41, 5.74) is 3.21. The van der Waals surface area contributed by atoms with Gasteiger partial charge in [0.2, 0.25) is 5.91 Å². The zero-order valence-corrected chi connectivity index (χ0v) is 20.8. The van der Waals surface area contributed by atoms with Crippen LogP contribution in [0.3, 0.4) is 0 Å². The van der Waals surface area contributed by atoms with E-state index in [1.807, 2.05) is 18.2 Å². The minimum absolute atomic E-state index is 0.0165. The van der Waals surface area contributed by atoms with Gasteiger partial charge in [-0.25, -0.2) is 0 Å². The lowest BCUT2D eigenvalue weighted by atomic mass is 9.89. The summed E-state index contributed by atoms with van der Waals surface area (Å²) in [4.78, 5) is 27.0. The van der Waals surface area contributed by atoms with Crippen LogP contribution < -0.4 is 18.9 Å². The number of fused-ring (bicyclic) bond motifs is 1. The molecule has 0 spiro atoms. The number of ketones is 1. The van der Waals surface area contributed by atoms with Crippen molar-refractivity contribution in [1.29, 1.82) is 0 Å². The van der Waals surface area contributed by atoms with E-state index in [-0.39, 0.29) is 11.7 Å². The molecule has 1 atom stereocenters. The van der Waals surface area contributed by atoms with Crippen LogP contribution in [-0.2, 0) is 17.6 Å². The zero-order chi connectivity index (χ0) is 23.6. The number of carbonyl (C=O) groups is 2. The topological polar surface area (TPSA) is 74.3 Å². The van der Waals surface area contributed by atoms with Gasteiger partial charge in [-0.1, -0.05) is 15.9 Å². The highest BCUT2D eigenvalue weighted by Gasteiger charge is 2.39. The minimum atomic E-state index is -0.417. The SMILES string of the molecule is COc1cc(CCN(C)C(C)=O)c(C2Cc3c(Br)cc(OC)c(OC)c3C2=O)cc1OC. The van der Waals surface area contributed by atoms with Gasteiger partial charge in [-0.2, -0.15) is 0 Å². The molecule has 32 heavy (non-hydrogen) atoms. The standard InChI is InChI=1S/C24H28BrNO6/c1-13(27)26(2)8-7-14-9-19(29-3)20(30-4)11-15(14)16-10-17-18(25)12-21(31-5)24(32-6)22(17)23(16)28/h9,11-12,16H,7-8,10H2,1-6H3. The van der Waals surface area contributed by atoms with Crippen molar-refractivity contribution in [2.24, 2.45) is 0 Å². The van der Waals surface area contributed by atoms with Crippen molar-refractivity contribution in [3.8, 4) is 23.0 Å². The molecule has 8 heteroatoms. The summed E-state index contributed by atoms with van der Waals surface area (Å²) >= 11 is 3.59. The number of halogens is 1. The quantitative estimate of drug-likeness (QED) is 0.539. The molecule has 1 unspecified atom stereocenters. The number of methoxy groups -OCH3 is 4. The van der Waals surface area contributed by atoms with Gasteiger partial charge in [-0.3, -0.25) is 9.59 Å². The van der Waals surface area contributed by atoms with Crippen LogP contribution in [0.15, 0.2) is 22.7 Å². The Morgan fingerprint density at radius 3 is 2.22 bits per heavy atom. The van der Waals surface area contributed by atoms with Crippen LogP contribution in [0.2, 0.25) is 0 Å². The Kier molecular flexibility index (Phi) is 7.33. The first kappa shape index (κ1) is 23.9. The molecular formula is C24H28BrNO6. The minimum Gasteiger partial charge on any atom is -0.493 e. The van der Waals surface area contributed by atoms with Crippen LogP contribution in [0, 0.1) is 0 Å². The molecule has 0 saturated heterocycles. The van der Waals surface area contributed by atoms with E-state index in [0.717, 1.165) is 21.2 Å². The van der Waals surface area contributed by atoms with Gasteiger partial charge in [0, 0.05) is 25.0 Å². The van der Waals surface area contributed by atoms with Gasteiger partial charge in [0.05, 0.1) is 39.9 Å². The first-order valence-corrected chi connectivity index (χ1v) is 11.0. The predicted octanol–water partition coefficient (Wildman–Crippen LogP) is 4.03. The van der Waals surface area contributed by atoms with Crippen LogP contribution >= 0.6 is 15.9 Å². The maximum atomic E-state index is 13.7. The first-order valence-electron chi connectivity index (χ1n) is 10.2. The highest BCUT2D eigenvalue weighted by atomic mass is 79.9. The molecule has 3 rings (SSSR count). The first-order chi connectivity index (χ1) is 15.3. The monoisotopic (exact) mass is 505 g/mol. The van der Waals surface area contributed by atoms with Crippen LogP contribution in [0.5, 0.6) is 23.0 Å². The smallest absolute Gasteiger partial charge is 0.219 e. The molecule has 7 nitrogen and oxygen atoms in total. The molecule has 0 radical (unpaired) electrons. The van der Waals surface area contributed by atoms with Crippen molar-refractivity contribution in [3.63, 3.8) is 0 Å². The number of rotatable bonds is 8. The molecule has 0 heterocycles. The molecule has 0 N–H and O–H groups in total.